The molecule has 0 fully saturated rings. The average molecular weight is 543 g/mol. The predicted molar refractivity (Wildman–Crippen MR) is 136 cm³/mol. The van der Waals surface area contributed by atoms with E-state index < -0.39 is 0 Å². The molecule has 9 nitrogen and oxygen atoms in total. The molecule has 0 saturated heterocycles. The molecule has 2 aromatic heterocycles. The molecule has 1 aliphatic heterocycles. The molecule has 0 spiro atoms. The Balaban J connectivity index is 1.42. The van der Waals surface area contributed by atoms with E-state index in [9.17, 15) is 4.79 Å². The Morgan fingerprint density at radius 1 is 1.03 bits per heavy atom. The first kappa shape index (κ1) is 24.4. The number of rotatable bonds is 7. The van der Waals surface area contributed by atoms with Crippen molar-refractivity contribution in [1.82, 2.24) is 30.3 Å². The summed E-state index contributed by atoms with van der Waals surface area (Å²) in [7, 11) is 0. The third kappa shape index (κ3) is 5.40. The van der Waals surface area contributed by atoms with E-state index in [4.69, 9.17) is 32.7 Å². The minimum absolute atomic E-state index is 0.184. The van der Waals surface area contributed by atoms with Crippen LogP contribution in [-0.4, -0.2) is 37.7 Å². The van der Waals surface area contributed by atoms with Crippen LogP contribution in [0.5, 0.6) is 11.5 Å². The fourth-order valence-electron chi connectivity index (χ4n) is 3.68. The minimum atomic E-state index is -0.371. The number of ether oxygens (including phenoxy) is 2. The largest absolute Gasteiger partial charge is 0.454 e. The summed E-state index contributed by atoms with van der Waals surface area (Å²) in [4.78, 5) is 22.2. The van der Waals surface area contributed by atoms with Crippen molar-refractivity contribution in [3.63, 3.8) is 0 Å². The molecule has 4 aromatic rings. The van der Waals surface area contributed by atoms with Gasteiger partial charge in [-0.1, -0.05) is 46.2 Å². The molecule has 12 heteroatoms. The number of fused-ring (bicyclic) bond motifs is 1. The van der Waals surface area contributed by atoms with E-state index in [0.29, 0.717) is 43.8 Å². The summed E-state index contributed by atoms with van der Waals surface area (Å²) >= 11 is 13.8. The maximum atomic E-state index is 13.2. The Labute approximate surface area is 221 Å². The second-order valence-electron chi connectivity index (χ2n) is 8.02. The molecule has 0 unspecified atom stereocenters. The highest BCUT2D eigenvalue weighted by molar-refractivity contribution is 7.98. The van der Waals surface area contributed by atoms with Crippen LogP contribution in [-0.2, 0) is 12.3 Å². The van der Waals surface area contributed by atoms with Crippen LogP contribution in [0.2, 0.25) is 10.0 Å². The molecule has 1 aliphatic rings. The number of aromatic nitrogens is 5. The van der Waals surface area contributed by atoms with Crippen molar-refractivity contribution < 1.29 is 14.3 Å². The highest BCUT2D eigenvalue weighted by Crippen LogP contribution is 2.32. The molecule has 5 rings (SSSR count). The van der Waals surface area contributed by atoms with Crippen molar-refractivity contribution in [2.75, 3.05) is 6.79 Å². The van der Waals surface area contributed by atoms with Crippen molar-refractivity contribution in [3.05, 3.63) is 80.8 Å². The topological polar surface area (TPSA) is 104 Å². The standard InChI is InChI=1S/C24H20Cl2N6O3S/c1-13-5-14(2)29-24(28-13)36-11-19-22(30-31-32(19)18-8-16(25)7-17(26)9-18)23(33)27-10-15-3-4-20-21(6-15)35-12-34-20/h3-9H,10-12H2,1-2H3,(H,27,33). The SMILES string of the molecule is Cc1cc(C)nc(SCc2c(C(=O)NCc3ccc4c(c3)OCO4)nnn2-c2cc(Cl)cc(Cl)c2)n1. The van der Waals surface area contributed by atoms with E-state index in [-0.39, 0.29) is 24.9 Å². The van der Waals surface area contributed by atoms with Crippen molar-refractivity contribution in [2.24, 2.45) is 0 Å². The quantitative estimate of drug-likeness (QED) is 0.259. The number of nitrogens with zero attached hydrogens (tertiary/aromatic N) is 5. The molecular weight excluding hydrogens is 523 g/mol. The lowest BCUT2D eigenvalue weighted by molar-refractivity contribution is 0.0945. The first-order valence-corrected chi connectivity index (χ1v) is 12.6. The second kappa shape index (κ2) is 10.3. The van der Waals surface area contributed by atoms with Gasteiger partial charge in [-0.15, -0.1) is 5.10 Å². The number of carbonyl (C=O) groups is 1. The highest BCUT2D eigenvalue weighted by atomic mass is 35.5. The summed E-state index contributed by atoms with van der Waals surface area (Å²) in [5, 5.41) is 12.8. The molecule has 3 heterocycles. The third-order valence-electron chi connectivity index (χ3n) is 5.26. The number of aryl methyl sites for hydroxylation is 2. The van der Waals surface area contributed by atoms with Gasteiger partial charge in [0, 0.05) is 33.7 Å². The van der Waals surface area contributed by atoms with Gasteiger partial charge in [0.05, 0.1) is 11.4 Å². The smallest absolute Gasteiger partial charge is 0.274 e. The number of hydrogen-bond acceptors (Lipinski definition) is 8. The molecule has 184 valence electrons. The number of hydrogen-bond donors (Lipinski definition) is 1. The van der Waals surface area contributed by atoms with Crippen molar-refractivity contribution in [1.29, 1.82) is 0 Å². The summed E-state index contributed by atoms with van der Waals surface area (Å²) in [6.45, 7) is 4.28. The Hall–Kier alpha value is -3.34. The number of carbonyl (C=O) groups excluding carboxylic acids is 1. The molecule has 36 heavy (non-hydrogen) atoms. The Morgan fingerprint density at radius 2 is 1.75 bits per heavy atom. The number of amides is 1. The van der Waals surface area contributed by atoms with Gasteiger partial charge in [0.15, 0.2) is 22.3 Å². The molecule has 0 aliphatic carbocycles. The lowest BCUT2D eigenvalue weighted by Crippen LogP contribution is -2.24. The van der Waals surface area contributed by atoms with Crippen molar-refractivity contribution >= 4 is 40.9 Å². The molecule has 1 N–H and O–H groups in total. The number of halogens is 2. The fraction of sp³-hybridized carbons (Fsp3) is 0.208. The average Bonchev–Trinajstić information content (AvgIpc) is 3.46. The zero-order valence-corrected chi connectivity index (χ0v) is 21.6. The van der Waals surface area contributed by atoms with Gasteiger partial charge in [-0.05, 0) is 55.8 Å². The maximum absolute atomic E-state index is 13.2. The van der Waals surface area contributed by atoms with Gasteiger partial charge in [0.1, 0.15) is 0 Å². The summed E-state index contributed by atoms with van der Waals surface area (Å²) in [5.74, 6) is 1.30. The van der Waals surface area contributed by atoms with Crippen LogP contribution in [0.4, 0.5) is 0 Å². The first-order chi connectivity index (χ1) is 17.4. The summed E-state index contributed by atoms with van der Waals surface area (Å²) < 4.78 is 12.3. The highest BCUT2D eigenvalue weighted by Gasteiger charge is 2.22. The Morgan fingerprint density at radius 3 is 2.50 bits per heavy atom. The Kier molecular flexibility index (Phi) is 6.99. The molecular formula is C24H20Cl2N6O3S. The van der Waals surface area contributed by atoms with Crippen LogP contribution < -0.4 is 14.8 Å². The van der Waals surface area contributed by atoms with Crippen molar-refractivity contribution in [2.45, 2.75) is 31.3 Å². The maximum Gasteiger partial charge on any atom is 0.274 e. The van der Waals surface area contributed by atoms with Gasteiger partial charge in [-0.3, -0.25) is 4.79 Å². The number of nitrogens with one attached hydrogen (secondary N) is 1. The lowest BCUT2D eigenvalue weighted by atomic mass is 10.2. The van der Waals surface area contributed by atoms with E-state index >= 15 is 0 Å². The second-order valence-corrected chi connectivity index (χ2v) is 9.83. The van der Waals surface area contributed by atoms with Gasteiger partial charge in [0.25, 0.3) is 5.91 Å². The summed E-state index contributed by atoms with van der Waals surface area (Å²) in [5.41, 5.74) is 3.92. The van der Waals surface area contributed by atoms with Crippen LogP contribution in [0, 0.1) is 13.8 Å². The van der Waals surface area contributed by atoms with E-state index in [0.717, 1.165) is 17.0 Å². The predicted octanol–water partition coefficient (Wildman–Crippen LogP) is 4.93. The van der Waals surface area contributed by atoms with Crippen molar-refractivity contribution in [3.8, 4) is 17.2 Å². The fourth-order valence-corrected chi connectivity index (χ4v) is 5.14. The monoisotopic (exact) mass is 542 g/mol. The number of benzene rings is 2. The van der Waals surface area contributed by atoms with Crippen LogP contribution in [0.1, 0.15) is 33.1 Å². The molecule has 0 bridgehead atoms. The summed E-state index contributed by atoms with van der Waals surface area (Å²) in [6, 6.07) is 12.5. The van der Waals surface area contributed by atoms with Gasteiger partial charge in [-0.25, -0.2) is 14.6 Å². The minimum Gasteiger partial charge on any atom is -0.454 e. The zero-order chi connectivity index (χ0) is 25.2. The molecule has 0 atom stereocenters. The van der Waals surface area contributed by atoms with Gasteiger partial charge in [-0.2, -0.15) is 0 Å². The van der Waals surface area contributed by atoms with E-state index in [2.05, 4.69) is 25.6 Å². The first-order valence-electron chi connectivity index (χ1n) is 10.9. The van der Waals surface area contributed by atoms with E-state index in [1.807, 2.05) is 38.1 Å². The number of thioether (sulfide) groups is 1. The van der Waals surface area contributed by atoms with Crippen LogP contribution in [0.25, 0.3) is 5.69 Å². The van der Waals surface area contributed by atoms with E-state index in [1.165, 1.54) is 11.8 Å². The van der Waals surface area contributed by atoms with E-state index in [1.54, 1.807) is 22.9 Å². The normalized spacial score (nSPS) is 12.1. The lowest BCUT2D eigenvalue weighted by Gasteiger charge is -2.10. The van der Waals surface area contributed by atoms with Gasteiger partial charge < -0.3 is 14.8 Å². The van der Waals surface area contributed by atoms with Crippen LogP contribution >= 0.6 is 35.0 Å². The molecule has 2 aromatic carbocycles. The Bertz CT molecular complexity index is 1420. The zero-order valence-electron chi connectivity index (χ0n) is 19.3. The summed E-state index contributed by atoms with van der Waals surface area (Å²) in [6.07, 6.45) is 0. The molecule has 0 radical (unpaired) electrons. The molecule has 0 saturated carbocycles. The van der Waals surface area contributed by atoms with Crippen LogP contribution in [0.3, 0.4) is 0 Å². The molecule has 1 amide bonds. The third-order valence-corrected chi connectivity index (χ3v) is 6.55. The van der Waals surface area contributed by atoms with Gasteiger partial charge in [0.2, 0.25) is 6.79 Å². The van der Waals surface area contributed by atoms with Gasteiger partial charge >= 0.3 is 0 Å². The van der Waals surface area contributed by atoms with Crippen LogP contribution in [0.15, 0.2) is 47.6 Å².